The highest BCUT2D eigenvalue weighted by molar-refractivity contribution is 7.25. The standard InChI is InChI=1S/C57H36N4S/c1-4-15-37(16-5-1)38-27-29-40(30-28-38)56-58-55(39-17-6-2-7-18-39)59-57(60-56)42-31-33-46-49-35-41(32-34-52(49)62-53(46)36-42)44-21-10-11-22-45(44)47-24-14-26-51-54(47)48-23-12-13-25-50(48)61(51)43-19-8-3-9-20-43/h1-36H. The molecule has 9 aromatic carbocycles. The Balaban J connectivity index is 0.953. The molecule has 12 aromatic rings. The smallest absolute Gasteiger partial charge is 0.164 e. The lowest BCUT2D eigenvalue weighted by Crippen LogP contribution is -2.00. The van der Waals surface area contributed by atoms with Crippen LogP contribution in [0, 0.1) is 0 Å². The van der Waals surface area contributed by atoms with E-state index >= 15 is 0 Å². The third-order valence-electron chi connectivity index (χ3n) is 11.9. The highest BCUT2D eigenvalue weighted by Gasteiger charge is 2.19. The molecule has 0 saturated heterocycles. The average Bonchev–Trinajstić information content (AvgIpc) is 3.90. The summed E-state index contributed by atoms with van der Waals surface area (Å²) in [5.74, 6) is 1.95. The second kappa shape index (κ2) is 14.9. The summed E-state index contributed by atoms with van der Waals surface area (Å²) in [5.41, 5.74) is 13.6. The van der Waals surface area contributed by atoms with Crippen molar-refractivity contribution in [3.05, 3.63) is 218 Å². The van der Waals surface area contributed by atoms with Crippen LogP contribution in [0.15, 0.2) is 218 Å². The van der Waals surface area contributed by atoms with Gasteiger partial charge in [-0.25, -0.2) is 15.0 Å². The molecule has 0 spiro atoms. The molecule has 3 aromatic heterocycles. The molecule has 0 bridgehead atoms. The number of benzene rings is 9. The Labute approximate surface area is 362 Å². The van der Waals surface area contributed by atoms with Crippen LogP contribution >= 0.6 is 11.3 Å². The summed E-state index contributed by atoms with van der Waals surface area (Å²) in [6.07, 6.45) is 0. The van der Waals surface area contributed by atoms with Crippen molar-refractivity contribution in [1.82, 2.24) is 19.5 Å². The van der Waals surface area contributed by atoms with Crippen molar-refractivity contribution < 1.29 is 0 Å². The zero-order chi connectivity index (χ0) is 41.0. The molecule has 0 aliphatic heterocycles. The molecule has 0 N–H and O–H groups in total. The number of hydrogen-bond acceptors (Lipinski definition) is 4. The van der Waals surface area contributed by atoms with Gasteiger partial charge in [0.1, 0.15) is 0 Å². The van der Waals surface area contributed by atoms with Crippen LogP contribution in [0.5, 0.6) is 0 Å². The molecule has 0 radical (unpaired) electrons. The molecule has 62 heavy (non-hydrogen) atoms. The van der Waals surface area contributed by atoms with Gasteiger partial charge in [-0.1, -0.05) is 176 Å². The second-order valence-corrected chi connectivity index (χ2v) is 16.7. The number of para-hydroxylation sites is 2. The summed E-state index contributed by atoms with van der Waals surface area (Å²) in [7, 11) is 0. The van der Waals surface area contributed by atoms with Gasteiger partial charge in [0.05, 0.1) is 11.0 Å². The predicted molar refractivity (Wildman–Crippen MR) is 260 cm³/mol. The molecule has 0 saturated carbocycles. The molecule has 0 amide bonds. The maximum atomic E-state index is 5.09. The molecule has 0 aliphatic carbocycles. The van der Waals surface area contributed by atoms with Gasteiger partial charge >= 0.3 is 0 Å². The molecule has 0 fully saturated rings. The Morgan fingerprint density at radius 1 is 0.306 bits per heavy atom. The number of hydrogen-bond donors (Lipinski definition) is 0. The van der Waals surface area contributed by atoms with E-state index in [1.807, 2.05) is 24.3 Å². The van der Waals surface area contributed by atoms with Gasteiger partial charge in [-0.05, 0) is 75.8 Å². The molecule has 5 heteroatoms. The Hall–Kier alpha value is -7.99. The predicted octanol–water partition coefficient (Wildman–Crippen LogP) is 15.3. The fraction of sp³-hybridized carbons (Fsp3) is 0. The highest BCUT2D eigenvalue weighted by Crippen LogP contribution is 2.44. The van der Waals surface area contributed by atoms with Crippen LogP contribution in [0.3, 0.4) is 0 Å². The largest absolute Gasteiger partial charge is 0.309 e. The van der Waals surface area contributed by atoms with Crippen molar-refractivity contribution in [2.75, 3.05) is 0 Å². The summed E-state index contributed by atoms with van der Waals surface area (Å²) in [6, 6.07) is 77.6. The van der Waals surface area contributed by atoms with Gasteiger partial charge in [0.2, 0.25) is 0 Å². The Kier molecular flexibility index (Phi) is 8.65. The number of nitrogens with zero attached hydrogens (tertiary/aromatic N) is 4. The lowest BCUT2D eigenvalue weighted by Gasteiger charge is -2.13. The minimum absolute atomic E-state index is 0.647. The van der Waals surface area contributed by atoms with Crippen LogP contribution in [-0.2, 0) is 0 Å². The van der Waals surface area contributed by atoms with Gasteiger partial charge in [-0.3, -0.25) is 0 Å². The fourth-order valence-corrected chi connectivity index (χ4v) is 10.1. The first kappa shape index (κ1) is 35.9. The third-order valence-corrected chi connectivity index (χ3v) is 13.0. The van der Waals surface area contributed by atoms with E-state index in [1.165, 1.54) is 69.8 Å². The summed E-state index contributed by atoms with van der Waals surface area (Å²) in [6.45, 7) is 0. The minimum atomic E-state index is 0.647. The van der Waals surface area contributed by atoms with Gasteiger partial charge in [0.15, 0.2) is 17.5 Å². The van der Waals surface area contributed by atoms with E-state index in [9.17, 15) is 0 Å². The topological polar surface area (TPSA) is 43.6 Å². The zero-order valence-corrected chi connectivity index (χ0v) is 34.3. The second-order valence-electron chi connectivity index (χ2n) is 15.6. The van der Waals surface area contributed by atoms with Crippen molar-refractivity contribution in [2.24, 2.45) is 0 Å². The van der Waals surface area contributed by atoms with Crippen molar-refractivity contribution in [3.8, 4) is 73.2 Å². The first-order chi connectivity index (χ1) is 30.7. The molecule has 12 rings (SSSR count). The summed E-state index contributed by atoms with van der Waals surface area (Å²) in [4.78, 5) is 15.1. The van der Waals surface area contributed by atoms with E-state index in [4.69, 9.17) is 15.0 Å². The van der Waals surface area contributed by atoms with E-state index in [0.29, 0.717) is 17.5 Å². The molecule has 0 unspecified atom stereocenters. The van der Waals surface area contributed by atoms with Crippen LogP contribution in [0.4, 0.5) is 0 Å². The SMILES string of the molecule is c1ccc(-c2ccc(-c3nc(-c4ccccc4)nc(-c4ccc5c(c4)sc4ccc(-c6ccccc6-c6cccc7c6c6ccccc6n7-c6ccccc6)cc45)n3)cc2)cc1. The highest BCUT2D eigenvalue weighted by atomic mass is 32.1. The van der Waals surface area contributed by atoms with Gasteiger partial charge in [0, 0.05) is 53.3 Å². The maximum Gasteiger partial charge on any atom is 0.164 e. The summed E-state index contributed by atoms with van der Waals surface area (Å²) >= 11 is 1.81. The van der Waals surface area contributed by atoms with E-state index in [1.54, 1.807) is 11.3 Å². The van der Waals surface area contributed by atoms with Gasteiger partial charge in [0.25, 0.3) is 0 Å². The van der Waals surface area contributed by atoms with Crippen LogP contribution in [0.1, 0.15) is 0 Å². The first-order valence-electron chi connectivity index (χ1n) is 20.8. The number of aromatic nitrogens is 4. The molecule has 3 heterocycles. The van der Waals surface area contributed by atoms with E-state index in [-0.39, 0.29) is 0 Å². The Bertz CT molecular complexity index is 3610. The Morgan fingerprint density at radius 2 is 0.839 bits per heavy atom. The van der Waals surface area contributed by atoms with E-state index in [2.05, 4.69) is 199 Å². The van der Waals surface area contributed by atoms with Crippen molar-refractivity contribution in [2.45, 2.75) is 0 Å². The summed E-state index contributed by atoms with van der Waals surface area (Å²) < 4.78 is 4.82. The van der Waals surface area contributed by atoms with E-state index < -0.39 is 0 Å². The molecule has 0 aliphatic rings. The zero-order valence-electron chi connectivity index (χ0n) is 33.5. The molecule has 290 valence electrons. The Morgan fingerprint density at radius 3 is 1.60 bits per heavy atom. The van der Waals surface area contributed by atoms with Crippen molar-refractivity contribution in [1.29, 1.82) is 0 Å². The average molecular weight is 809 g/mol. The molecule has 0 atom stereocenters. The molecule has 4 nitrogen and oxygen atoms in total. The van der Waals surface area contributed by atoms with Crippen LogP contribution in [-0.4, -0.2) is 19.5 Å². The normalized spacial score (nSPS) is 11.5. The summed E-state index contributed by atoms with van der Waals surface area (Å²) in [5, 5.41) is 4.96. The molecular weight excluding hydrogens is 773 g/mol. The lowest BCUT2D eigenvalue weighted by atomic mass is 9.91. The number of thiophene rings is 1. The number of fused-ring (bicyclic) bond motifs is 6. The third kappa shape index (κ3) is 6.18. The molecular formula is C57H36N4S. The number of rotatable bonds is 7. The fourth-order valence-electron chi connectivity index (χ4n) is 8.95. The van der Waals surface area contributed by atoms with Crippen molar-refractivity contribution in [3.63, 3.8) is 0 Å². The van der Waals surface area contributed by atoms with Crippen LogP contribution < -0.4 is 0 Å². The van der Waals surface area contributed by atoms with Crippen LogP contribution in [0.2, 0.25) is 0 Å². The minimum Gasteiger partial charge on any atom is -0.309 e. The van der Waals surface area contributed by atoms with E-state index in [0.717, 1.165) is 27.9 Å². The first-order valence-corrected chi connectivity index (χ1v) is 21.7. The lowest BCUT2D eigenvalue weighted by molar-refractivity contribution is 1.07. The van der Waals surface area contributed by atoms with Gasteiger partial charge in [-0.2, -0.15) is 0 Å². The monoisotopic (exact) mass is 808 g/mol. The maximum absolute atomic E-state index is 5.09. The van der Waals surface area contributed by atoms with Gasteiger partial charge < -0.3 is 4.57 Å². The van der Waals surface area contributed by atoms with Crippen LogP contribution in [0.25, 0.3) is 115 Å². The quantitative estimate of drug-likeness (QED) is 0.161. The van der Waals surface area contributed by atoms with Gasteiger partial charge in [-0.15, -0.1) is 11.3 Å². The van der Waals surface area contributed by atoms with Crippen molar-refractivity contribution >= 4 is 53.3 Å².